The van der Waals surface area contributed by atoms with E-state index in [2.05, 4.69) is 6.08 Å². The van der Waals surface area contributed by atoms with Crippen molar-refractivity contribution in [1.29, 1.82) is 0 Å². The van der Waals surface area contributed by atoms with E-state index in [0.717, 1.165) is 18.6 Å². The molecular weight excluding hydrogens is 168 g/mol. The van der Waals surface area contributed by atoms with Gasteiger partial charge in [-0.1, -0.05) is 0 Å². The lowest BCUT2D eigenvalue weighted by atomic mass is 10.1. The first kappa shape index (κ1) is 9.03. The van der Waals surface area contributed by atoms with Crippen molar-refractivity contribution in [2.45, 2.75) is 18.6 Å². The van der Waals surface area contributed by atoms with E-state index in [9.17, 15) is 0 Å². The summed E-state index contributed by atoms with van der Waals surface area (Å²) in [6, 6.07) is 0. The molecule has 74 valence electrons. The molecule has 0 aliphatic heterocycles. The van der Waals surface area contributed by atoms with Crippen LogP contribution in [-0.4, -0.2) is 27.1 Å². The highest BCUT2D eigenvalue weighted by Crippen LogP contribution is 2.59. The molecule has 13 heavy (non-hydrogen) atoms. The molecule has 3 heteroatoms. The van der Waals surface area contributed by atoms with Gasteiger partial charge in [0.1, 0.15) is 0 Å². The first-order valence-corrected chi connectivity index (χ1v) is 4.63. The zero-order valence-electron chi connectivity index (χ0n) is 8.37. The molecule has 2 rings (SSSR count). The lowest BCUT2D eigenvalue weighted by Crippen LogP contribution is -2.18. The zero-order chi connectivity index (χ0) is 9.47. The van der Waals surface area contributed by atoms with E-state index < -0.39 is 0 Å². The first-order valence-electron chi connectivity index (χ1n) is 4.63. The van der Waals surface area contributed by atoms with Gasteiger partial charge in [-0.05, 0) is 12.5 Å². The summed E-state index contributed by atoms with van der Waals surface area (Å²) in [7, 11) is 5.14. The predicted octanol–water partition coefficient (Wildman–Crippen LogP) is 1.55. The Morgan fingerprint density at radius 1 is 1.31 bits per heavy atom. The Balaban J connectivity index is 2.13. The molecule has 2 unspecified atom stereocenters. The van der Waals surface area contributed by atoms with Gasteiger partial charge in [-0.25, -0.2) is 0 Å². The number of ether oxygens (including phenoxy) is 3. The van der Waals surface area contributed by atoms with Gasteiger partial charge in [0.25, 0.3) is 0 Å². The second kappa shape index (κ2) is 3.00. The molecule has 0 aromatic carbocycles. The third-order valence-electron chi connectivity index (χ3n) is 3.27. The Kier molecular flexibility index (Phi) is 2.08. The molecule has 0 amide bonds. The average molecular weight is 184 g/mol. The number of hydrogen-bond acceptors (Lipinski definition) is 3. The summed E-state index contributed by atoms with van der Waals surface area (Å²) >= 11 is 0. The minimum atomic E-state index is -0.347. The molecule has 2 aliphatic carbocycles. The molecular formula is C10H16O3. The molecule has 0 aromatic heterocycles. The van der Waals surface area contributed by atoms with Gasteiger partial charge in [0.15, 0.2) is 5.79 Å². The van der Waals surface area contributed by atoms with Crippen molar-refractivity contribution in [3.63, 3.8) is 0 Å². The van der Waals surface area contributed by atoms with Crippen molar-refractivity contribution in [3.8, 4) is 0 Å². The highest BCUT2D eigenvalue weighted by atomic mass is 16.7. The third kappa shape index (κ3) is 1.11. The zero-order valence-corrected chi connectivity index (χ0v) is 8.37. The fourth-order valence-corrected chi connectivity index (χ4v) is 2.46. The topological polar surface area (TPSA) is 27.7 Å². The van der Waals surface area contributed by atoms with Crippen molar-refractivity contribution < 1.29 is 14.2 Å². The van der Waals surface area contributed by atoms with E-state index in [1.165, 1.54) is 0 Å². The molecule has 0 aromatic rings. The Morgan fingerprint density at radius 3 is 2.54 bits per heavy atom. The summed E-state index contributed by atoms with van der Waals surface area (Å²) in [6.07, 6.45) is 4.25. The highest BCUT2D eigenvalue weighted by Gasteiger charge is 2.66. The number of rotatable bonds is 3. The number of allylic oxidation sites excluding steroid dienone is 1. The maximum Gasteiger partial charge on any atom is 0.177 e. The fraction of sp³-hybridized carbons (Fsp3) is 0.800. The summed E-state index contributed by atoms with van der Waals surface area (Å²) in [4.78, 5) is 0. The fourth-order valence-electron chi connectivity index (χ4n) is 2.46. The van der Waals surface area contributed by atoms with Crippen molar-refractivity contribution >= 4 is 0 Å². The van der Waals surface area contributed by atoms with Crippen LogP contribution in [0, 0.1) is 11.8 Å². The van der Waals surface area contributed by atoms with E-state index in [4.69, 9.17) is 14.2 Å². The molecule has 0 heterocycles. The lowest BCUT2D eigenvalue weighted by molar-refractivity contribution is -0.145. The third-order valence-corrected chi connectivity index (χ3v) is 3.27. The van der Waals surface area contributed by atoms with Crippen LogP contribution >= 0.6 is 0 Å². The summed E-state index contributed by atoms with van der Waals surface area (Å²) < 4.78 is 16.1. The van der Waals surface area contributed by atoms with Crippen LogP contribution in [0.25, 0.3) is 0 Å². The van der Waals surface area contributed by atoms with E-state index in [1.807, 2.05) is 0 Å². The summed E-state index contributed by atoms with van der Waals surface area (Å²) in [5.41, 5.74) is 0. The van der Waals surface area contributed by atoms with Gasteiger partial charge in [0, 0.05) is 32.5 Å². The standard InChI is InChI=1S/C10H16O3/c1-11-7-4-5-8-9(6-7)10(8,12-2)13-3/h6,8-9H,4-5H2,1-3H3. The Morgan fingerprint density at radius 2 is 2.00 bits per heavy atom. The molecule has 2 aliphatic rings. The second-order valence-corrected chi connectivity index (χ2v) is 3.64. The molecule has 1 fully saturated rings. The average Bonchev–Trinajstić information content (AvgIpc) is 2.85. The van der Waals surface area contributed by atoms with Crippen LogP contribution in [-0.2, 0) is 14.2 Å². The molecule has 0 N–H and O–H groups in total. The SMILES string of the molecule is COC1=CC2C(CC1)C2(OC)OC. The number of hydrogen-bond donors (Lipinski definition) is 0. The monoisotopic (exact) mass is 184 g/mol. The predicted molar refractivity (Wildman–Crippen MR) is 48.1 cm³/mol. The minimum Gasteiger partial charge on any atom is -0.501 e. The minimum absolute atomic E-state index is 0.347. The van der Waals surface area contributed by atoms with E-state index in [1.54, 1.807) is 21.3 Å². The van der Waals surface area contributed by atoms with E-state index in [0.29, 0.717) is 11.8 Å². The van der Waals surface area contributed by atoms with Gasteiger partial charge in [0.05, 0.1) is 12.9 Å². The first-order chi connectivity index (χ1) is 6.28. The van der Waals surface area contributed by atoms with Crippen LogP contribution in [0.15, 0.2) is 11.8 Å². The lowest BCUT2D eigenvalue weighted by Gasteiger charge is -2.12. The normalized spacial score (nSPS) is 34.8. The van der Waals surface area contributed by atoms with Crippen LogP contribution in [0.5, 0.6) is 0 Å². The van der Waals surface area contributed by atoms with Crippen LogP contribution in [0.2, 0.25) is 0 Å². The highest BCUT2D eigenvalue weighted by molar-refractivity contribution is 5.22. The van der Waals surface area contributed by atoms with Gasteiger partial charge in [-0.3, -0.25) is 0 Å². The maximum atomic E-state index is 5.42. The maximum absolute atomic E-state index is 5.42. The molecule has 0 radical (unpaired) electrons. The molecule has 1 saturated carbocycles. The van der Waals surface area contributed by atoms with Crippen LogP contribution in [0.4, 0.5) is 0 Å². The van der Waals surface area contributed by atoms with Gasteiger partial charge in [0.2, 0.25) is 0 Å². The van der Waals surface area contributed by atoms with Gasteiger partial charge in [-0.15, -0.1) is 0 Å². The van der Waals surface area contributed by atoms with Gasteiger partial charge >= 0.3 is 0 Å². The Hall–Kier alpha value is -0.540. The number of fused-ring (bicyclic) bond motifs is 1. The molecule has 0 bridgehead atoms. The van der Waals surface area contributed by atoms with Crippen molar-refractivity contribution in [3.05, 3.63) is 11.8 Å². The van der Waals surface area contributed by atoms with Gasteiger partial charge < -0.3 is 14.2 Å². The Bertz CT molecular complexity index is 230. The van der Waals surface area contributed by atoms with Crippen molar-refractivity contribution in [2.24, 2.45) is 11.8 Å². The smallest absolute Gasteiger partial charge is 0.177 e. The summed E-state index contributed by atoms with van der Waals surface area (Å²) in [5, 5.41) is 0. The second-order valence-electron chi connectivity index (χ2n) is 3.64. The summed E-state index contributed by atoms with van der Waals surface area (Å²) in [5.74, 6) is 1.64. The van der Waals surface area contributed by atoms with E-state index >= 15 is 0 Å². The largest absolute Gasteiger partial charge is 0.501 e. The van der Waals surface area contributed by atoms with E-state index in [-0.39, 0.29) is 5.79 Å². The molecule has 0 saturated heterocycles. The summed E-state index contributed by atoms with van der Waals surface area (Å²) in [6.45, 7) is 0. The Labute approximate surface area is 78.7 Å². The molecule has 2 atom stereocenters. The molecule has 0 spiro atoms. The quantitative estimate of drug-likeness (QED) is 0.623. The van der Waals surface area contributed by atoms with Crippen LogP contribution in [0.1, 0.15) is 12.8 Å². The van der Waals surface area contributed by atoms with Crippen LogP contribution in [0.3, 0.4) is 0 Å². The number of methoxy groups -OCH3 is 3. The van der Waals surface area contributed by atoms with Crippen molar-refractivity contribution in [1.82, 2.24) is 0 Å². The van der Waals surface area contributed by atoms with Crippen molar-refractivity contribution in [2.75, 3.05) is 21.3 Å². The van der Waals surface area contributed by atoms with Crippen LogP contribution < -0.4 is 0 Å². The molecule has 3 nitrogen and oxygen atoms in total. The van der Waals surface area contributed by atoms with Gasteiger partial charge in [-0.2, -0.15) is 0 Å².